The van der Waals surface area contributed by atoms with Crippen molar-refractivity contribution in [1.29, 1.82) is 0 Å². The summed E-state index contributed by atoms with van der Waals surface area (Å²) >= 11 is 0. The van der Waals surface area contributed by atoms with E-state index in [-0.39, 0.29) is 0 Å². The summed E-state index contributed by atoms with van der Waals surface area (Å²) in [5, 5.41) is 0. The van der Waals surface area contributed by atoms with Gasteiger partial charge in [0.1, 0.15) is 0 Å². The molecule has 0 aromatic carbocycles. The highest BCUT2D eigenvalue weighted by atomic mass is 28.5. The molecule has 0 aliphatic rings. The third-order valence-electron chi connectivity index (χ3n) is 5.69. The molecule has 38 heavy (non-hydrogen) atoms. The van der Waals surface area contributed by atoms with Crippen LogP contribution in [0.1, 0.15) is 85.0 Å². The zero-order chi connectivity index (χ0) is 29.3. The van der Waals surface area contributed by atoms with E-state index in [1.54, 1.807) is 0 Å². The minimum absolute atomic E-state index is 0.664. The predicted octanol–water partition coefficient (Wildman–Crippen LogP) is 9.43. The third kappa shape index (κ3) is 20.7. The normalized spacial score (nSPS) is 13.9. The lowest BCUT2D eigenvalue weighted by atomic mass is 10.1. The molecule has 0 bridgehead atoms. The number of unbranched alkanes of at least 4 members (excludes halogenated alkanes) is 9. The van der Waals surface area contributed by atoms with Gasteiger partial charge < -0.3 is 25.6 Å². The van der Waals surface area contributed by atoms with Crippen molar-refractivity contribution in [2.24, 2.45) is 0 Å². The third-order valence-corrected chi connectivity index (χ3v) is 20.9. The molecule has 0 N–H and O–H groups in total. The summed E-state index contributed by atoms with van der Waals surface area (Å²) in [5.74, 6) is 0. The maximum atomic E-state index is 6.81. The minimum Gasteiger partial charge on any atom is -0.417 e. The van der Waals surface area contributed by atoms with Gasteiger partial charge in [0, 0.05) is 31.9 Å². The molecule has 0 aliphatic carbocycles. The fraction of sp³-hybridized carbons (Fsp3) is 1.00. The van der Waals surface area contributed by atoms with Crippen molar-refractivity contribution in [2.75, 3.05) is 19.8 Å². The summed E-state index contributed by atoms with van der Waals surface area (Å²) in [7, 11) is -10.5. The first-order valence-corrected chi connectivity index (χ1v) is 29.6. The van der Waals surface area contributed by atoms with E-state index in [1.807, 2.05) is 20.8 Å². The smallest absolute Gasteiger partial charge is 0.417 e. The summed E-state index contributed by atoms with van der Waals surface area (Å²) in [6, 6.07) is 1.92. The van der Waals surface area contributed by atoms with Crippen molar-refractivity contribution >= 4 is 42.6 Å². The summed E-state index contributed by atoms with van der Waals surface area (Å²) in [4.78, 5) is 0. The van der Waals surface area contributed by atoms with Gasteiger partial charge in [0.05, 0.1) is 0 Å². The first-order chi connectivity index (χ1) is 17.5. The molecule has 0 saturated carbocycles. The van der Waals surface area contributed by atoms with Crippen LogP contribution < -0.4 is 0 Å². The summed E-state index contributed by atoms with van der Waals surface area (Å²) < 4.78 is 38.4. The molecule has 230 valence electrons. The molecule has 0 aromatic heterocycles. The van der Waals surface area contributed by atoms with E-state index in [0.717, 1.165) is 24.9 Å². The standard InChI is InChI=1S/C27H66O6Si5/c1-13-28-37(29-14-2,30-15-3)26-24-22-20-18-16-17-19-21-23-25-27-38(31-34(4,5)6,32-35(7,8)9)33-36(10,11)12/h13-27H2,1-12H3. The van der Waals surface area contributed by atoms with Crippen molar-refractivity contribution in [3.05, 3.63) is 0 Å². The van der Waals surface area contributed by atoms with E-state index in [4.69, 9.17) is 25.6 Å². The second-order valence-electron chi connectivity index (χ2n) is 13.3. The molecule has 0 atom stereocenters. The van der Waals surface area contributed by atoms with Crippen LogP contribution in [0.15, 0.2) is 0 Å². The van der Waals surface area contributed by atoms with Gasteiger partial charge >= 0.3 is 17.6 Å². The Morgan fingerprint density at radius 3 is 0.816 bits per heavy atom. The van der Waals surface area contributed by atoms with E-state index >= 15 is 0 Å². The molecule has 0 heterocycles. The molecule has 0 aromatic rings. The average Bonchev–Trinajstić information content (AvgIpc) is 2.71. The highest BCUT2D eigenvalue weighted by molar-refractivity contribution is 6.90. The molecule has 11 heteroatoms. The van der Waals surface area contributed by atoms with Crippen molar-refractivity contribution in [3.63, 3.8) is 0 Å². The predicted molar refractivity (Wildman–Crippen MR) is 175 cm³/mol. The Bertz CT molecular complexity index is 532. The Balaban J connectivity index is 4.39. The number of hydrogen-bond donors (Lipinski definition) is 0. The number of rotatable bonds is 25. The van der Waals surface area contributed by atoms with Crippen molar-refractivity contribution in [2.45, 2.75) is 156 Å². The Morgan fingerprint density at radius 2 is 0.579 bits per heavy atom. The highest BCUT2D eigenvalue weighted by Gasteiger charge is 2.49. The van der Waals surface area contributed by atoms with Gasteiger partial charge in [-0.25, -0.2) is 0 Å². The van der Waals surface area contributed by atoms with Crippen LogP contribution in [-0.4, -0.2) is 62.4 Å². The van der Waals surface area contributed by atoms with Crippen LogP contribution in [0.3, 0.4) is 0 Å². The van der Waals surface area contributed by atoms with Gasteiger partial charge in [-0.2, -0.15) is 0 Å². The van der Waals surface area contributed by atoms with Crippen molar-refractivity contribution < 1.29 is 25.6 Å². The topological polar surface area (TPSA) is 55.4 Å². The van der Waals surface area contributed by atoms with Gasteiger partial charge in [0.25, 0.3) is 0 Å². The fourth-order valence-corrected chi connectivity index (χ4v) is 22.1. The van der Waals surface area contributed by atoms with Crippen LogP contribution in [0.2, 0.25) is 71.0 Å². The maximum absolute atomic E-state index is 6.81. The van der Waals surface area contributed by atoms with Crippen molar-refractivity contribution in [1.82, 2.24) is 0 Å². The Labute approximate surface area is 243 Å². The van der Waals surface area contributed by atoms with E-state index < -0.39 is 42.6 Å². The first kappa shape index (κ1) is 38.8. The average molecular weight is 627 g/mol. The largest absolute Gasteiger partial charge is 0.500 e. The Hall–Kier alpha value is 0.844. The first-order valence-electron chi connectivity index (χ1n) is 15.5. The van der Waals surface area contributed by atoms with Gasteiger partial charge in [0.2, 0.25) is 0 Å². The van der Waals surface area contributed by atoms with E-state index in [1.165, 1.54) is 51.4 Å². The van der Waals surface area contributed by atoms with Crippen LogP contribution in [0.5, 0.6) is 0 Å². The second-order valence-corrected chi connectivity index (χ2v) is 33.1. The fourth-order valence-electron chi connectivity index (χ4n) is 4.71. The van der Waals surface area contributed by atoms with Gasteiger partial charge in [-0.15, -0.1) is 0 Å². The summed E-state index contributed by atoms with van der Waals surface area (Å²) in [5.41, 5.74) is 0. The molecule has 0 aliphatic heterocycles. The monoisotopic (exact) mass is 626 g/mol. The van der Waals surface area contributed by atoms with E-state index in [9.17, 15) is 0 Å². The van der Waals surface area contributed by atoms with E-state index in [0.29, 0.717) is 19.8 Å². The van der Waals surface area contributed by atoms with Gasteiger partial charge in [0.15, 0.2) is 25.0 Å². The molecule has 0 radical (unpaired) electrons. The molecule has 6 nitrogen and oxygen atoms in total. The lowest BCUT2D eigenvalue weighted by Crippen LogP contribution is -2.60. The molecule has 0 fully saturated rings. The SMILES string of the molecule is CCO[Si](CCCCCCCCCCCC[Si](O[Si](C)(C)C)(O[Si](C)(C)C)O[Si](C)(C)C)(OCC)OCC. The van der Waals surface area contributed by atoms with Crippen LogP contribution >= 0.6 is 0 Å². The molecule has 0 spiro atoms. The Kier molecular flexibility index (Phi) is 19.5. The maximum Gasteiger partial charge on any atom is 0.500 e. The van der Waals surface area contributed by atoms with Crippen LogP contribution in [0.4, 0.5) is 0 Å². The zero-order valence-corrected chi connectivity index (χ0v) is 32.6. The highest BCUT2D eigenvalue weighted by Crippen LogP contribution is 2.31. The molecular weight excluding hydrogens is 561 g/mol. The summed E-state index contributed by atoms with van der Waals surface area (Å²) in [6.07, 6.45) is 12.7. The zero-order valence-electron chi connectivity index (χ0n) is 27.6. The van der Waals surface area contributed by atoms with Gasteiger partial charge in [-0.1, -0.05) is 51.4 Å². The summed E-state index contributed by atoms with van der Waals surface area (Å²) in [6.45, 7) is 28.5. The van der Waals surface area contributed by atoms with Crippen LogP contribution in [0, 0.1) is 0 Å². The van der Waals surface area contributed by atoms with Crippen LogP contribution in [-0.2, 0) is 25.6 Å². The number of hydrogen-bond acceptors (Lipinski definition) is 6. The molecule has 0 saturated heterocycles. The quantitative estimate of drug-likeness (QED) is 0.0743. The molecule has 0 amide bonds. The molecule has 0 rings (SSSR count). The Morgan fingerprint density at radius 1 is 0.342 bits per heavy atom. The lowest BCUT2D eigenvalue weighted by Gasteiger charge is -2.43. The van der Waals surface area contributed by atoms with E-state index in [2.05, 4.69) is 58.9 Å². The molecular formula is C27H66O6Si5. The minimum atomic E-state index is -2.66. The van der Waals surface area contributed by atoms with Crippen LogP contribution in [0.25, 0.3) is 0 Å². The second kappa shape index (κ2) is 19.1. The van der Waals surface area contributed by atoms with Crippen molar-refractivity contribution in [3.8, 4) is 0 Å². The molecule has 0 unspecified atom stereocenters. The lowest BCUT2D eigenvalue weighted by molar-refractivity contribution is 0.0706. The van der Waals surface area contributed by atoms with Gasteiger partial charge in [-0.05, 0) is 92.5 Å². The van der Waals surface area contributed by atoms with Gasteiger partial charge in [-0.3, -0.25) is 0 Å².